The molecule has 0 N–H and O–H groups in total. The van der Waals surface area contributed by atoms with Crippen molar-refractivity contribution in [3.8, 4) is 0 Å². The number of hydrogen-bond donors (Lipinski definition) is 0. The Labute approximate surface area is 111 Å². The quantitative estimate of drug-likeness (QED) is 0.682. The Balaban J connectivity index is 2.11. The highest BCUT2D eigenvalue weighted by Gasteiger charge is 1.90. The first-order valence-corrected chi connectivity index (χ1v) is 6.60. The fourth-order valence-electron chi connectivity index (χ4n) is 1.63. The van der Waals surface area contributed by atoms with Gasteiger partial charge >= 0.3 is 0 Å². The number of benzene rings is 2. The Morgan fingerprint density at radius 3 is 1.76 bits per heavy atom. The average Bonchev–Trinajstić information content (AvgIpc) is 2.39. The zero-order valence-electron chi connectivity index (χ0n) is 9.86. The molecule has 0 radical (unpaired) electrons. The van der Waals surface area contributed by atoms with Crippen LogP contribution in [-0.2, 0) is 6.42 Å². The van der Waals surface area contributed by atoms with Gasteiger partial charge in [0, 0.05) is 4.47 Å². The van der Waals surface area contributed by atoms with E-state index in [1.807, 2.05) is 0 Å². The molecule has 0 aliphatic carbocycles. The molecule has 2 rings (SSSR count). The van der Waals surface area contributed by atoms with E-state index < -0.39 is 0 Å². The minimum absolute atomic E-state index is 1.09. The fraction of sp³-hybridized carbons (Fsp3) is 0.125. The highest BCUT2D eigenvalue weighted by atomic mass is 79.9. The normalized spacial score (nSPS) is 10.9. The van der Waals surface area contributed by atoms with Gasteiger partial charge in [-0.3, -0.25) is 0 Å². The lowest BCUT2D eigenvalue weighted by atomic mass is 10.1. The molecule has 1 heteroatoms. The molecule has 2 aromatic rings. The summed E-state index contributed by atoms with van der Waals surface area (Å²) in [5.74, 6) is 0. The summed E-state index contributed by atoms with van der Waals surface area (Å²) in [6.07, 6.45) is 5.37. The highest BCUT2D eigenvalue weighted by Crippen LogP contribution is 2.13. The molecule has 0 spiro atoms. The Morgan fingerprint density at radius 1 is 0.824 bits per heavy atom. The number of aryl methyl sites for hydroxylation is 1. The van der Waals surface area contributed by atoms with E-state index in [9.17, 15) is 0 Å². The number of rotatable bonds is 3. The molecule has 0 saturated carbocycles. The molecular formula is C16H15Br. The fourth-order valence-corrected chi connectivity index (χ4v) is 1.90. The molecule has 0 aromatic heterocycles. The third-order valence-corrected chi connectivity index (χ3v) is 3.25. The smallest absolute Gasteiger partial charge is 0.0175 e. The molecule has 0 aliphatic heterocycles. The third-order valence-electron chi connectivity index (χ3n) is 2.73. The lowest BCUT2D eigenvalue weighted by Gasteiger charge is -1.98. The summed E-state index contributed by atoms with van der Waals surface area (Å²) in [7, 11) is 0. The van der Waals surface area contributed by atoms with Crippen molar-refractivity contribution in [2.45, 2.75) is 13.3 Å². The topological polar surface area (TPSA) is 0 Å². The van der Waals surface area contributed by atoms with E-state index in [-0.39, 0.29) is 0 Å². The van der Waals surface area contributed by atoms with E-state index in [0.29, 0.717) is 0 Å². The molecule has 0 heterocycles. The van der Waals surface area contributed by atoms with Crippen molar-refractivity contribution in [1.29, 1.82) is 0 Å². The summed E-state index contributed by atoms with van der Waals surface area (Å²) in [4.78, 5) is 0. The molecule has 0 aliphatic rings. The Hall–Kier alpha value is -1.34. The summed E-state index contributed by atoms with van der Waals surface area (Å²) in [6, 6.07) is 17.0. The van der Waals surface area contributed by atoms with Crippen LogP contribution in [0.5, 0.6) is 0 Å². The molecule has 0 amide bonds. The van der Waals surface area contributed by atoms with Crippen LogP contribution in [0, 0.1) is 0 Å². The first-order chi connectivity index (χ1) is 8.28. The van der Waals surface area contributed by atoms with E-state index in [0.717, 1.165) is 10.9 Å². The second-order valence-corrected chi connectivity index (χ2v) is 4.90. The van der Waals surface area contributed by atoms with Gasteiger partial charge in [-0.2, -0.15) is 0 Å². The van der Waals surface area contributed by atoms with Gasteiger partial charge in [-0.1, -0.05) is 71.4 Å². The zero-order valence-corrected chi connectivity index (χ0v) is 11.4. The van der Waals surface area contributed by atoms with Gasteiger partial charge in [-0.25, -0.2) is 0 Å². The largest absolute Gasteiger partial charge is 0.0613 e. The lowest BCUT2D eigenvalue weighted by molar-refractivity contribution is 1.14. The predicted octanol–water partition coefficient (Wildman–Crippen LogP) is 5.18. The summed E-state index contributed by atoms with van der Waals surface area (Å²) in [6.45, 7) is 2.17. The summed E-state index contributed by atoms with van der Waals surface area (Å²) < 4.78 is 1.11. The number of halogens is 1. The van der Waals surface area contributed by atoms with Crippen LogP contribution in [-0.4, -0.2) is 0 Å². The SMILES string of the molecule is CCc1ccc(/C=C/c2ccc(Br)cc2)cc1. The second-order valence-electron chi connectivity index (χ2n) is 3.98. The van der Waals surface area contributed by atoms with Crippen molar-refractivity contribution >= 4 is 28.1 Å². The van der Waals surface area contributed by atoms with Crippen molar-refractivity contribution in [3.63, 3.8) is 0 Å². The maximum Gasteiger partial charge on any atom is 0.0175 e. The monoisotopic (exact) mass is 286 g/mol. The van der Waals surface area contributed by atoms with Crippen LogP contribution in [0.3, 0.4) is 0 Å². The predicted molar refractivity (Wildman–Crippen MR) is 78.9 cm³/mol. The van der Waals surface area contributed by atoms with E-state index >= 15 is 0 Å². The first kappa shape index (κ1) is 12.1. The second kappa shape index (κ2) is 5.83. The van der Waals surface area contributed by atoms with Crippen molar-refractivity contribution in [2.75, 3.05) is 0 Å². The van der Waals surface area contributed by atoms with E-state index in [1.165, 1.54) is 16.7 Å². The Kier molecular flexibility index (Phi) is 4.16. The van der Waals surface area contributed by atoms with E-state index in [1.54, 1.807) is 0 Å². The summed E-state index contributed by atoms with van der Waals surface area (Å²) in [5.41, 5.74) is 3.84. The Morgan fingerprint density at radius 2 is 1.29 bits per heavy atom. The van der Waals surface area contributed by atoms with Gasteiger partial charge in [0.15, 0.2) is 0 Å². The van der Waals surface area contributed by atoms with Gasteiger partial charge in [-0.15, -0.1) is 0 Å². The first-order valence-electron chi connectivity index (χ1n) is 5.80. The number of hydrogen-bond acceptors (Lipinski definition) is 0. The van der Waals surface area contributed by atoms with Gasteiger partial charge in [0.25, 0.3) is 0 Å². The van der Waals surface area contributed by atoms with Crippen LogP contribution < -0.4 is 0 Å². The van der Waals surface area contributed by atoms with Crippen molar-refractivity contribution < 1.29 is 0 Å². The molecule has 2 aromatic carbocycles. The summed E-state index contributed by atoms with van der Waals surface area (Å²) >= 11 is 3.43. The van der Waals surface area contributed by atoms with Crippen molar-refractivity contribution in [3.05, 3.63) is 69.7 Å². The molecular weight excluding hydrogens is 272 g/mol. The van der Waals surface area contributed by atoms with Crippen LogP contribution in [0.15, 0.2) is 53.0 Å². The maximum absolute atomic E-state index is 3.43. The van der Waals surface area contributed by atoms with Gasteiger partial charge < -0.3 is 0 Å². The lowest BCUT2D eigenvalue weighted by Crippen LogP contribution is -1.79. The molecule has 0 fully saturated rings. The van der Waals surface area contributed by atoms with Crippen molar-refractivity contribution in [1.82, 2.24) is 0 Å². The van der Waals surface area contributed by atoms with Gasteiger partial charge in [0.1, 0.15) is 0 Å². The third kappa shape index (κ3) is 3.57. The van der Waals surface area contributed by atoms with Crippen molar-refractivity contribution in [2.24, 2.45) is 0 Å². The van der Waals surface area contributed by atoms with Crippen LogP contribution in [0.25, 0.3) is 12.2 Å². The summed E-state index contributed by atoms with van der Waals surface area (Å²) in [5, 5.41) is 0. The maximum atomic E-state index is 3.43. The van der Waals surface area contributed by atoms with Gasteiger partial charge in [0.05, 0.1) is 0 Å². The molecule has 86 valence electrons. The van der Waals surface area contributed by atoms with Gasteiger partial charge in [-0.05, 0) is 35.2 Å². The minimum Gasteiger partial charge on any atom is -0.0613 e. The molecule has 0 saturated heterocycles. The molecule has 17 heavy (non-hydrogen) atoms. The molecule has 0 unspecified atom stereocenters. The average molecular weight is 287 g/mol. The molecule has 0 nitrogen and oxygen atoms in total. The van der Waals surface area contributed by atoms with Crippen LogP contribution in [0.2, 0.25) is 0 Å². The minimum atomic E-state index is 1.09. The van der Waals surface area contributed by atoms with Gasteiger partial charge in [0.2, 0.25) is 0 Å². The van der Waals surface area contributed by atoms with Crippen LogP contribution >= 0.6 is 15.9 Å². The zero-order chi connectivity index (χ0) is 12.1. The van der Waals surface area contributed by atoms with Crippen LogP contribution in [0.4, 0.5) is 0 Å². The van der Waals surface area contributed by atoms with E-state index in [4.69, 9.17) is 0 Å². The molecule has 0 bridgehead atoms. The highest BCUT2D eigenvalue weighted by molar-refractivity contribution is 9.10. The standard InChI is InChI=1S/C16H15Br/c1-2-13-3-5-14(6-4-13)7-8-15-9-11-16(17)12-10-15/h3-12H,2H2,1H3/b8-7+. The van der Waals surface area contributed by atoms with Crippen LogP contribution in [0.1, 0.15) is 23.6 Å². The molecule has 0 atom stereocenters. The Bertz CT molecular complexity index is 492. The van der Waals surface area contributed by atoms with E-state index in [2.05, 4.69) is 83.5 Å².